The number of halogens is 1. The Morgan fingerprint density at radius 2 is 1.90 bits per heavy atom. The topological polar surface area (TPSA) is 87.9 Å². The molecule has 3 rings (SSSR count). The SMILES string of the molecule is C=CC(=O)N1CCC(CN2CCC(NC(=O)c3cc(Cl)c(N)cc3OC)CC2)CC1. The fraction of sp³-hybridized carbons (Fsp3) is 0.545. The molecule has 2 saturated heterocycles. The van der Waals surface area contributed by atoms with Crippen LogP contribution in [0.2, 0.25) is 5.02 Å². The van der Waals surface area contributed by atoms with Gasteiger partial charge in [-0.25, -0.2) is 0 Å². The van der Waals surface area contributed by atoms with Gasteiger partial charge >= 0.3 is 0 Å². The van der Waals surface area contributed by atoms with Crippen molar-refractivity contribution in [2.24, 2.45) is 5.92 Å². The quantitative estimate of drug-likeness (QED) is 0.530. The molecule has 1 aromatic rings. The van der Waals surface area contributed by atoms with E-state index in [0.717, 1.165) is 58.4 Å². The lowest BCUT2D eigenvalue weighted by Gasteiger charge is -2.37. The van der Waals surface area contributed by atoms with E-state index >= 15 is 0 Å². The van der Waals surface area contributed by atoms with Crippen molar-refractivity contribution in [3.05, 3.63) is 35.4 Å². The summed E-state index contributed by atoms with van der Waals surface area (Å²) >= 11 is 6.08. The van der Waals surface area contributed by atoms with Gasteiger partial charge in [0.2, 0.25) is 5.91 Å². The molecule has 0 atom stereocenters. The molecule has 2 fully saturated rings. The van der Waals surface area contributed by atoms with Crippen molar-refractivity contribution in [3.8, 4) is 5.75 Å². The summed E-state index contributed by atoms with van der Waals surface area (Å²) in [6, 6.07) is 3.26. The summed E-state index contributed by atoms with van der Waals surface area (Å²) in [5.74, 6) is 0.884. The van der Waals surface area contributed by atoms with Crippen molar-refractivity contribution in [2.45, 2.75) is 31.7 Å². The zero-order valence-electron chi connectivity index (χ0n) is 17.5. The number of piperidine rings is 2. The molecule has 0 bridgehead atoms. The van der Waals surface area contributed by atoms with Crippen molar-refractivity contribution < 1.29 is 14.3 Å². The molecule has 2 aliphatic rings. The highest BCUT2D eigenvalue weighted by Gasteiger charge is 2.27. The number of anilines is 1. The van der Waals surface area contributed by atoms with Crippen molar-refractivity contribution >= 4 is 29.1 Å². The highest BCUT2D eigenvalue weighted by atomic mass is 35.5. The van der Waals surface area contributed by atoms with E-state index in [1.807, 2.05) is 4.90 Å². The van der Waals surface area contributed by atoms with E-state index in [4.69, 9.17) is 22.1 Å². The van der Waals surface area contributed by atoms with E-state index in [-0.39, 0.29) is 17.9 Å². The predicted octanol–water partition coefficient (Wildman–Crippen LogP) is 2.55. The van der Waals surface area contributed by atoms with Crippen LogP contribution in [0.1, 0.15) is 36.0 Å². The van der Waals surface area contributed by atoms with Crippen LogP contribution in [0.25, 0.3) is 0 Å². The first-order valence-electron chi connectivity index (χ1n) is 10.5. The smallest absolute Gasteiger partial charge is 0.255 e. The molecular weight excluding hydrogens is 404 g/mol. The molecule has 1 aromatic carbocycles. The third-order valence-corrected chi connectivity index (χ3v) is 6.43. The number of hydrogen-bond acceptors (Lipinski definition) is 5. The Morgan fingerprint density at radius 1 is 1.23 bits per heavy atom. The van der Waals surface area contributed by atoms with Crippen molar-refractivity contribution in [1.82, 2.24) is 15.1 Å². The minimum atomic E-state index is -0.188. The number of nitrogens with two attached hydrogens (primary N) is 1. The van der Waals surface area contributed by atoms with Gasteiger partial charge in [0.1, 0.15) is 5.75 Å². The summed E-state index contributed by atoms with van der Waals surface area (Å²) in [6.07, 6.45) is 5.28. The van der Waals surface area contributed by atoms with E-state index in [2.05, 4.69) is 16.8 Å². The van der Waals surface area contributed by atoms with Gasteiger partial charge in [0.05, 0.1) is 23.4 Å². The Morgan fingerprint density at radius 3 is 2.50 bits per heavy atom. The average molecular weight is 435 g/mol. The average Bonchev–Trinajstić information content (AvgIpc) is 2.76. The van der Waals surface area contributed by atoms with E-state index in [1.54, 1.807) is 12.1 Å². The fourth-order valence-electron chi connectivity index (χ4n) is 4.27. The van der Waals surface area contributed by atoms with Crippen molar-refractivity contribution in [1.29, 1.82) is 0 Å². The molecule has 2 heterocycles. The second-order valence-electron chi connectivity index (χ2n) is 8.10. The molecule has 0 aliphatic carbocycles. The number of amides is 2. The first-order valence-corrected chi connectivity index (χ1v) is 10.9. The Bertz CT molecular complexity index is 785. The van der Waals surface area contributed by atoms with Gasteiger partial charge in [-0.1, -0.05) is 18.2 Å². The molecule has 2 aliphatic heterocycles. The maximum absolute atomic E-state index is 12.7. The Labute approximate surface area is 183 Å². The Kier molecular flexibility index (Phi) is 7.61. The summed E-state index contributed by atoms with van der Waals surface area (Å²) in [7, 11) is 1.51. The lowest BCUT2D eigenvalue weighted by Crippen LogP contribution is -2.47. The van der Waals surface area contributed by atoms with E-state index < -0.39 is 0 Å². The van der Waals surface area contributed by atoms with Crippen LogP contribution in [-0.2, 0) is 4.79 Å². The lowest BCUT2D eigenvalue weighted by atomic mass is 9.94. The summed E-state index contributed by atoms with van der Waals surface area (Å²) in [4.78, 5) is 28.8. The lowest BCUT2D eigenvalue weighted by molar-refractivity contribution is -0.127. The molecule has 0 saturated carbocycles. The van der Waals surface area contributed by atoms with Crippen molar-refractivity contribution in [2.75, 3.05) is 45.6 Å². The van der Waals surface area contributed by atoms with Gasteiger partial charge in [0, 0.05) is 44.8 Å². The number of rotatable bonds is 6. The number of nitrogens with zero attached hydrogens (tertiary/aromatic N) is 2. The number of hydrogen-bond donors (Lipinski definition) is 2. The third kappa shape index (κ3) is 5.46. The molecule has 0 radical (unpaired) electrons. The number of carbonyl (C=O) groups is 2. The van der Waals surface area contributed by atoms with E-state index in [1.165, 1.54) is 13.2 Å². The van der Waals surface area contributed by atoms with Gasteiger partial charge in [-0.15, -0.1) is 0 Å². The summed E-state index contributed by atoms with van der Waals surface area (Å²) in [5, 5.41) is 3.45. The largest absolute Gasteiger partial charge is 0.496 e. The standard InChI is InChI=1S/C22H31ClN4O3/c1-3-21(28)27-10-4-15(5-11-27)14-26-8-6-16(7-9-26)25-22(29)17-12-18(23)19(24)13-20(17)30-2/h3,12-13,15-16H,1,4-11,14,24H2,2H3,(H,25,29). The molecule has 30 heavy (non-hydrogen) atoms. The highest BCUT2D eigenvalue weighted by Crippen LogP contribution is 2.29. The van der Waals surface area contributed by atoms with Crippen LogP contribution in [0.4, 0.5) is 5.69 Å². The molecule has 7 nitrogen and oxygen atoms in total. The molecule has 3 N–H and O–H groups in total. The maximum atomic E-state index is 12.7. The number of likely N-dealkylation sites (tertiary alicyclic amines) is 2. The second kappa shape index (κ2) is 10.2. The highest BCUT2D eigenvalue weighted by molar-refractivity contribution is 6.33. The normalized spacial score (nSPS) is 18.8. The summed E-state index contributed by atoms with van der Waals surface area (Å²) < 4.78 is 5.28. The van der Waals surface area contributed by atoms with Gasteiger partial charge in [-0.05, 0) is 43.7 Å². The van der Waals surface area contributed by atoms with Crippen LogP contribution in [0.5, 0.6) is 5.75 Å². The summed E-state index contributed by atoms with van der Waals surface area (Å²) in [5.41, 5.74) is 6.59. The molecule has 8 heteroatoms. The first kappa shape index (κ1) is 22.4. The maximum Gasteiger partial charge on any atom is 0.255 e. The zero-order chi connectivity index (χ0) is 21.7. The van der Waals surface area contributed by atoms with Gasteiger partial charge in [0.25, 0.3) is 5.91 Å². The molecule has 0 aromatic heterocycles. The molecule has 2 amide bonds. The van der Waals surface area contributed by atoms with Crippen LogP contribution in [0.15, 0.2) is 24.8 Å². The number of methoxy groups -OCH3 is 1. The summed E-state index contributed by atoms with van der Waals surface area (Å²) in [6.45, 7) is 8.15. The van der Waals surface area contributed by atoms with Crippen LogP contribution in [0, 0.1) is 5.92 Å². The molecular formula is C22H31ClN4O3. The number of ether oxygens (including phenoxy) is 1. The second-order valence-corrected chi connectivity index (χ2v) is 8.50. The van der Waals surface area contributed by atoms with Gasteiger partial charge < -0.3 is 25.6 Å². The van der Waals surface area contributed by atoms with Gasteiger partial charge in [-0.3, -0.25) is 9.59 Å². The minimum Gasteiger partial charge on any atom is -0.496 e. The van der Waals surface area contributed by atoms with E-state index in [0.29, 0.717) is 27.9 Å². The monoisotopic (exact) mass is 434 g/mol. The predicted molar refractivity (Wildman–Crippen MR) is 119 cm³/mol. The number of benzene rings is 1. The fourth-order valence-corrected chi connectivity index (χ4v) is 4.43. The van der Waals surface area contributed by atoms with Crippen LogP contribution in [-0.4, -0.2) is 67.5 Å². The Hall–Kier alpha value is -2.25. The molecule has 164 valence electrons. The molecule has 0 spiro atoms. The van der Waals surface area contributed by atoms with Crippen LogP contribution >= 0.6 is 11.6 Å². The number of nitrogen functional groups attached to an aromatic ring is 1. The van der Waals surface area contributed by atoms with Gasteiger partial charge in [-0.2, -0.15) is 0 Å². The van der Waals surface area contributed by atoms with E-state index in [9.17, 15) is 9.59 Å². The first-order chi connectivity index (χ1) is 14.4. The minimum absolute atomic E-state index is 0.0315. The molecule has 0 unspecified atom stereocenters. The zero-order valence-corrected chi connectivity index (χ0v) is 18.3. The van der Waals surface area contributed by atoms with Crippen LogP contribution < -0.4 is 15.8 Å². The van der Waals surface area contributed by atoms with Crippen LogP contribution in [0.3, 0.4) is 0 Å². The number of carbonyl (C=O) groups excluding carboxylic acids is 2. The van der Waals surface area contributed by atoms with Gasteiger partial charge in [0.15, 0.2) is 0 Å². The van der Waals surface area contributed by atoms with Crippen molar-refractivity contribution in [3.63, 3.8) is 0 Å². The third-order valence-electron chi connectivity index (χ3n) is 6.10. The number of nitrogens with one attached hydrogen (secondary N) is 1. The Balaban J connectivity index is 1.45.